The second-order valence-electron chi connectivity index (χ2n) is 5.40. The first kappa shape index (κ1) is 14.4. The lowest BCUT2D eigenvalue weighted by atomic mass is 9.96. The quantitative estimate of drug-likeness (QED) is 0.861. The molecule has 1 aromatic rings. The summed E-state index contributed by atoms with van der Waals surface area (Å²) in [5.74, 6) is -0.289. The molecule has 0 aliphatic heterocycles. The van der Waals surface area contributed by atoms with E-state index in [0.29, 0.717) is 18.4 Å². The highest BCUT2D eigenvalue weighted by molar-refractivity contribution is 5.22. The van der Waals surface area contributed by atoms with E-state index >= 15 is 0 Å². The van der Waals surface area contributed by atoms with Gasteiger partial charge in [0.2, 0.25) is 0 Å². The number of nitrogens with one attached hydrogen (secondary N) is 1. The Morgan fingerprint density at radius 3 is 2.53 bits per heavy atom. The van der Waals surface area contributed by atoms with Gasteiger partial charge < -0.3 is 10.4 Å². The zero-order valence-corrected chi connectivity index (χ0v) is 11.2. The molecule has 3 atom stereocenters. The lowest BCUT2D eigenvalue weighted by molar-refractivity contribution is 0.190. The molecule has 4 heteroatoms. The first-order valence-corrected chi connectivity index (χ1v) is 6.91. The van der Waals surface area contributed by atoms with Crippen molar-refractivity contribution in [2.45, 2.75) is 32.2 Å². The Hall–Kier alpha value is -1.00. The van der Waals surface area contributed by atoms with E-state index < -0.39 is 11.6 Å². The predicted molar refractivity (Wildman–Crippen MR) is 70.7 cm³/mol. The van der Waals surface area contributed by atoms with Crippen molar-refractivity contribution in [1.82, 2.24) is 5.32 Å². The van der Waals surface area contributed by atoms with Crippen LogP contribution in [-0.4, -0.2) is 18.3 Å². The Bertz CT molecular complexity index is 404. The van der Waals surface area contributed by atoms with Crippen LogP contribution in [0.3, 0.4) is 0 Å². The van der Waals surface area contributed by atoms with Gasteiger partial charge in [0.25, 0.3) is 0 Å². The fourth-order valence-corrected chi connectivity index (χ4v) is 2.98. The van der Waals surface area contributed by atoms with Crippen molar-refractivity contribution in [2.75, 3.05) is 13.2 Å². The summed E-state index contributed by atoms with van der Waals surface area (Å²) in [5.41, 5.74) is 0.0982. The van der Waals surface area contributed by atoms with Crippen LogP contribution in [0.1, 0.15) is 37.8 Å². The molecule has 0 bridgehead atoms. The Kier molecular flexibility index (Phi) is 4.88. The van der Waals surface area contributed by atoms with Crippen molar-refractivity contribution in [2.24, 2.45) is 11.8 Å². The topological polar surface area (TPSA) is 32.3 Å². The summed E-state index contributed by atoms with van der Waals surface area (Å²) < 4.78 is 27.2. The van der Waals surface area contributed by atoms with E-state index in [4.69, 9.17) is 0 Å². The first-order chi connectivity index (χ1) is 9.13. The van der Waals surface area contributed by atoms with Gasteiger partial charge in [0.05, 0.1) is 0 Å². The highest BCUT2D eigenvalue weighted by Gasteiger charge is 2.27. The fourth-order valence-electron chi connectivity index (χ4n) is 2.98. The minimum absolute atomic E-state index is 0.0982. The summed E-state index contributed by atoms with van der Waals surface area (Å²) >= 11 is 0. The van der Waals surface area contributed by atoms with Crippen LogP contribution in [0.4, 0.5) is 8.78 Å². The molecule has 0 radical (unpaired) electrons. The van der Waals surface area contributed by atoms with Gasteiger partial charge in [-0.1, -0.05) is 12.5 Å². The number of aliphatic hydroxyl groups is 1. The van der Waals surface area contributed by atoms with E-state index in [1.54, 1.807) is 6.92 Å². The molecule has 1 aromatic carbocycles. The van der Waals surface area contributed by atoms with E-state index in [-0.39, 0.29) is 18.2 Å². The minimum Gasteiger partial charge on any atom is -0.396 e. The maximum atomic E-state index is 13.6. The zero-order valence-electron chi connectivity index (χ0n) is 11.2. The van der Waals surface area contributed by atoms with Gasteiger partial charge in [-0.3, -0.25) is 0 Å². The maximum Gasteiger partial charge on any atom is 0.130 e. The van der Waals surface area contributed by atoms with Crippen molar-refractivity contribution in [3.63, 3.8) is 0 Å². The number of benzene rings is 1. The maximum absolute atomic E-state index is 13.6. The second kappa shape index (κ2) is 6.44. The monoisotopic (exact) mass is 269 g/mol. The molecule has 2 nitrogen and oxygen atoms in total. The van der Waals surface area contributed by atoms with Crippen molar-refractivity contribution < 1.29 is 13.9 Å². The molecule has 0 amide bonds. The molecule has 1 aliphatic rings. The van der Waals surface area contributed by atoms with Crippen LogP contribution in [0.25, 0.3) is 0 Å². The third-order valence-corrected chi connectivity index (χ3v) is 4.17. The number of aliphatic hydroxyl groups excluding tert-OH is 1. The van der Waals surface area contributed by atoms with Crippen LogP contribution in [0.5, 0.6) is 0 Å². The van der Waals surface area contributed by atoms with Crippen molar-refractivity contribution in [3.05, 3.63) is 35.4 Å². The molecular weight excluding hydrogens is 248 g/mol. The Balaban J connectivity index is 1.96. The predicted octanol–water partition coefficient (Wildman–Crippen LogP) is 3.02. The smallest absolute Gasteiger partial charge is 0.130 e. The minimum atomic E-state index is -0.509. The lowest BCUT2D eigenvalue weighted by Gasteiger charge is -2.22. The van der Waals surface area contributed by atoms with Gasteiger partial charge >= 0.3 is 0 Å². The van der Waals surface area contributed by atoms with Crippen LogP contribution in [0.2, 0.25) is 0 Å². The normalized spacial score (nSPS) is 24.6. The molecule has 1 aliphatic carbocycles. The Morgan fingerprint density at radius 2 is 1.89 bits per heavy atom. The molecule has 2 rings (SSSR count). The molecule has 3 unspecified atom stereocenters. The largest absolute Gasteiger partial charge is 0.396 e. The number of hydrogen-bond donors (Lipinski definition) is 2. The third kappa shape index (κ3) is 3.31. The molecular formula is C15H21F2NO. The van der Waals surface area contributed by atoms with Crippen molar-refractivity contribution >= 4 is 0 Å². The average molecular weight is 269 g/mol. The molecule has 19 heavy (non-hydrogen) atoms. The van der Waals surface area contributed by atoms with Gasteiger partial charge in [0.15, 0.2) is 0 Å². The molecule has 0 aromatic heterocycles. The third-order valence-electron chi connectivity index (χ3n) is 4.17. The number of halogens is 2. The van der Waals surface area contributed by atoms with Crippen LogP contribution in [0, 0.1) is 23.5 Å². The van der Waals surface area contributed by atoms with Gasteiger partial charge in [0.1, 0.15) is 11.6 Å². The molecule has 106 valence electrons. The molecule has 0 heterocycles. The molecule has 0 spiro atoms. The molecule has 1 fully saturated rings. The van der Waals surface area contributed by atoms with Crippen molar-refractivity contribution in [3.8, 4) is 0 Å². The first-order valence-electron chi connectivity index (χ1n) is 6.91. The van der Waals surface area contributed by atoms with Gasteiger partial charge in [-0.05, 0) is 50.3 Å². The van der Waals surface area contributed by atoms with E-state index in [0.717, 1.165) is 19.3 Å². The van der Waals surface area contributed by atoms with E-state index in [1.807, 2.05) is 0 Å². The average Bonchev–Trinajstić information content (AvgIpc) is 2.83. The highest BCUT2D eigenvalue weighted by atomic mass is 19.1. The van der Waals surface area contributed by atoms with Gasteiger partial charge in [0, 0.05) is 18.2 Å². The van der Waals surface area contributed by atoms with Crippen LogP contribution in [-0.2, 0) is 0 Å². The SMILES string of the molecule is CC(NCC1CCCC1CO)c1c(F)cccc1F. The highest BCUT2D eigenvalue weighted by Crippen LogP contribution is 2.31. The Morgan fingerprint density at radius 1 is 1.26 bits per heavy atom. The summed E-state index contributed by atoms with van der Waals surface area (Å²) in [6.45, 7) is 2.67. The zero-order chi connectivity index (χ0) is 13.8. The van der Waals surface area contributed by atoms with Gasteiger partial charge in [-0.15, -0.1) is 0 Å². The standard InChI is InChI=1S/C15H21F2NO/c1-10(15-13(16)6-3-7-14(15)17)18-8-11-4-2-5-12(11)9-19/h3,6-7,10-12,18-19H,2,4-5,8-9H2,1H3. The van der Waals surface area contributed by atoms with Gasteiger partial charge in [-0.25, -0.2) is 8.78 Å². The molecule has 0 saturated heterocycles. The van der Waals surface area contributed by atoms with Gasteiger partial charge in [-0.2, -0.15) is 0 Å². The fraction of sp³-hybridized carbons (Fsp3) is 0.600. The van der Waals surface area contributed by atoms with E-state index in [9.17, 15) is 13.9 Å². The van der Waals surface area contributed by atoms with Crippen LogP contribution >= 0.6 is 0 Å². The summed E-state index contributed by atoms with van der Waals surface area (Å²) in [4.78, 5) is 0. The number of hydrogen-bond acceptors (Lipinski definition) is 2. The van der Waals surface area contributed by atoms with E-state index in [1.165, 1.54) is 18.2 Å². The summed E-state index contributed by atoms with van der Waals surface area (Å²) in [6.07, 6.45) is 3.25. The van der Waals surface area contributed by atoms with Crippen LogP contribution < -0.4 is 5.32 Å². The molecule has 2 N–H and O–H groups in total. The lowest BCUT2D eigenvalue weighted by Crippen LogP contribution is -2.29. The number of rotatable bonds is 5. The molecule has 1 saturated carbocycles. The summed E-state index contributed by atoms with van der Waals surface area (Å²) in [5, 5.41) is 12.5. The summed E-state index contributed by atoms with van der Waals surface area (Å²) in [6, 6.07) is 3.58. The van der Waals surface area contributed by atoms with Crippen LogP contribution in [0.15, 0.2) is 18.2 Å². The van der Waals surface area contributed by atoms with E-state index in [2.05, 4.69) is 5.32 Å². The second-order valence-corrected chi connectivity index (χ2v) is 5.40. The summed E-state index contributed by atoms with van der Waals surface area (Å²) in [7, 11) is 0. The van der Waals surface area contributed by atoms with Crippen molar-refractivity contribution in [1.29, 1.82) is 0 Å². The Labute approximate surface area is 112 Å².